The molecule has 0 heterocycles. The molecule has 0 aliphatic heterocycles. The van der Waals surface area contributed by atoms with Crippen molar-refractivity contribution in [1.82, 2.24) is 4.90 Å². The zero-order chi connectivity index (χ0) is 15.4. The number of benzene rings is 1. The van der Waals surface area contributed by atoms with E-state index >= 15 is 0 Å². The minimum absolute atomic E-state index is 0.0115. The maximum Gasteiger partial charge on any atom is 0.326 e. The van der Waals surface area contributed by atoms with Crippen LogP contribution in [0.3, 0.4) is 0 Å². The van der Waals surface area contributed by atoms with Crippen molar-refractivity contribution < 1.29 is 24.0 Å². The van der Waals surface area contributed by atoms with Gasteiger partial charge in [0.1, 0.15) is 6.04 Å². The van der Waals surface area contributed by atoms with Gasteiger partial charge in [-0.05, 0) is 13.0 Å². The van der Waals surface area contributed by atoms with Crippen molar-refractivity contribution >= 4 is 23.4 Å². The van der Waals surface area contributed by atoms with Crippen molar-refractivity contribution in [3.8, 4) is 0 Å². The number of halogens is 1. The second-order valence-electron chi connectivity index (χ2n) is 3.98. The van der Waals surface area contributed by atoms with Crippen LogP contribution < -0.4 is 5.32 Å². The Hall–Kier alpha value is -2.71. The van der Waals surface area contributed by atoms with E-state index in [2.05, 4.69) is 5.32 Å². The monoisotopic (exact) mass is 285 g/mol. The van der Waals surface area contributed by atoms with Gasteiger partial charge in [-0.1, -0.05) is 0 Å². The maximum absolute atomic E-state index is 13.3. The Morgan fingerprint density at radius 2 is 2.10 bits per heavy atom. The molecule has 108 valence electrons. The number of carboxylic acids is 1. The molecule has 0 spiro atoms. The second kappa shape index (κ2) is 5.95. The Bertz CT molecular complexity index is 563. The first-order chi connectivity index (χ1) is 9.23. The Labute approximate surface area is 113 Å². The lowest BCUT2D eigenvalue weighted by atomic mass is 10.2. The van der Waals surface area contributed by atoms with Crippen LogP contribution in [0.4, 0.5) is 20.6 Å². The highest BCUT2D eigenvalue weighted by molar-refractivity contribution is 5.92. The summed E-state index contributed by atoms with van der Waals surface area (Å²) in [5.41, 5.74) is -0.724. The minimum atomic E-state index is -1.20. The average Bonchev–Trinajstić information content (AvgIpc) is 2.36. The number of aliphatic carboxylic acids is 1. The SMILES string of the molecule is CC(C(=O)O)N(C)C(=O)Nc1ccc([N+](=O)[O-])c(F)c1. The van der Waals surface area contributed by atoms with E-state index in [9.17, 15) is 24.1 Å². The number of carbonyl (C=O) groups is 2. The molecule has 1 rings (SSSR count). The van der Waals surface area contributed by atoms with Crippen LogP contribution in [0.1, 0.15) is 6.92 Å². The standard InChI is InChI=1S/C11H12FN3O5/c1-6(10(16)17)14(2)11(18)13-7-3-4-9(15(19)20)8(12)5-7/h3-6H,1-2H3,(H,13,18)(H,16,17). The average molecular weight is 285 g/mol. The molecule has 2 amide bonds. The summed E-state index contributed by atoms with van der Waals surface area (Å²) in [6.45, 7) is 1.30. The maximum atomic E-state index is 13.3. The molecule has 1 atom stereocenters. The lowest BCUT2D eigenvalue weighted by Crippen LogP contribution is -2.42. The number of urea groups is 1. The predicted molar refractivity (Wildman–Crippen MR) is 66.9 cm³/mol. The van der Waals surface area contributed by atoms with Crippen LogP contribution in [0.15, 0.2) is 18.2 Å². The van der Waals surface area contributed by atoms with E-state index in [0.717, 1.165) is 23.1 Å². The van der Waals surface area contributed by atoms with Crippen molar-refractivity contribution in [2.45, 2.75) is 13.0 Å². The number of nitro benzene ring substituents is 1. The second-order valence-corrected chi connectivity index (χ2v) is 3.98. The Kier molecular flexibility index (Phi) is 4.57. The van der Waals surface area contributed by atoms with Crippen LogP contribution in [0.2, 0.25) is 0 Å². The van der Waals surface area contributed by atoms with Crippen molar-refractivity contribution in [2.24, 2.45) is 0 Å². The summed E-state index contributed by atoms with van der Waals surface area (Å²) >= 11 is 0. The molecule has 0 bridgehead atoms. The fourth-order valence-electron chi connectivity index (χ4n) is 1.29. The molecule has 8 nitrogen and oxygen atoms in total. The first-order valence-corrected chi connectivity index (χ1v) is 5.44. The largest absolute Gasteiger partial charge is 0.480 e. The molecule has 0 fully saturated rings. The molecule has 20 heavy (non-hydrogen) atoms. The first kappa shape index (κ1) is 15.3. The molecular formula is C11H12FN3O5. The summed E-state index contributed by atoms with van der Waals surface area (Å²) in [4.78, 5) is 32.8. The number of anilines is 1. The summed E-state index contributed by atoms with van der Waals surface area (Å²) in [5, 5.41) is 21.4. The molecular weight excluding hydrogens is 273 g/mol. The number of likely N-dealkylation sites (N-methyl/N-ethyl adjacent to an activating group) is 1. The quantitative estimate of drug-likeness (QED) is 0.645. The summed E-state index contributed by atoms with van der Waals surface area (Å²) in [7, 11) is 1.26. The number of hydrogen-bond donors (Lipinski definition) is 2. The fourth-order valence-corrected chi connectivity index (χ4v) is 1.29. The van der Waals surface area contributed by atoms with Gasteiger partial charge in [0.2, 0.25) is 5.82 Å². The predicted octanol–water partition coefficient (Wildman–Crippen LogP) is 1.67. The van der Waals surface area contributed by atoms with Gasteiger partial charge in [0, 0.05) is 24.9 Å². The summed E-state index contributed by atoms with van der Waals surface area (Å²) in [6.07, 6.45) is 0. The molecule has 0 aromatic heterocycles. The number of nitrogens with one attached hydrogen (secondary N) is 1. The number of carbonyl (C=O) groups excluding carboxylic acids is 1. The van der Waals surface area contributed by atoms with Crippen molar-refractivity contribution in [1.29, 1.82) is 0 Å². The van der Waals surface area contributed by atoms with E-state index in [-0.39, 0.29) is 5.69 Å². The normalized spacial score (nSPS) is 11.6. The van der Waals surface area contributed by atoms with Gasteiger partial charge in [0.25, 0.3) is 0 Å². The van der Waals surface area contributed by atoms with Gasteiger partial charge in [0.15, 0.2) is 0 Å². The third-order valence-corrected chi connectivity index (χ3v) is 2.65. The van der Waals surface area contributed by atoms with E-state index in [1.165, 1.54) is 14.0 Å². The Morgan fingerprint density at radius 1 is 1.50 bits per heavy atom. The molecule has 9 heteroatoms. The molecule has 0 aliphatic rings. The lowest BCUT2D eigenvalue weighted by molar-refractivity contribution is -0.387. The van der Waals surface area contributed by atoms with Gasteiger partial charge < -0.3 is 15.3 Å². The van der Waals surface area contributed by atoms with Crippen LogP contribution in [0, 0.1) is 15.9 Å². The van der Waals surface area contributed by atoms with E-state index < -0.39 is 34.5 Å². The first-order valence-electron chi connectivity index (χ1n) is 5.44. The lowest BCUT2D eigenvalue weighted by Gasteiger charge is -2.21. The Morgan fingerprint density at radius 3 is 2.55 bits per heavy atom. The van der Waals surface area contributed by atoms with Gasteiger partial charge in [-0.3, -0.25) is 10.1 Å². The van der Waals surface area contributed by atoms with E-state index in [0.29, 0.717) is 0 Å². The van der Waals surface area contributed by atoms with Crippen LogP contribution in [0.25, 0.3) is 0 Å². The van der Waals surface area contributed by atoms with Gasteiger partial charge in [-0.25, -0.2) is 9.59 Å². The van der Waals surface area contributed by atoms with Crippen LogP contribution in [-0.4, -0.2) is 40.0 Å². The zero-order valence-electron chi connectivity index (χ0n) is 10.7. The van der Waals surface area contributed by atoms with Crippen LogP contribution in [-0.2, 0) is 4.79 Å². The van der Waals surface area contributed by atoms with Gasteiger partial charge in [-0.2, -0.15) is 4.39 Å². The highest BCUT2D eigenvalue weighted by Crippen LogP contribution is 2.21. The Balaban J connectivity index is 2.84. The summed E-state index contributed by atoms with van der Waals surface area (Å²) in [6, 6.07) is 1.00. The van der Waals surface area contributed by atoms with Gasteiger partial charge in [-0.15, -0.1) is 0 Å². The number of rotatable bonds is 4. The highest BCUT2D eigenvalue weighted by atomic mass is 19.1. The highest BCUT2D eigenvalue weighted by Gasteiger charge is 2.22. The third-order valence-electron chi connectivity index (χ3n) is 2.65. The fraction of sp³-hybridized carbons (Fsp3) is 0.273. The van der Waals surface area contributed by atoms with E-state index in [1.807, 2.05) is 0 Å². The van der Waals surface area contributed by atoms with Gasteiger partial charge in [0.05, 0.1) is 4.92 Å². The topological polar surface area (TPSA) is 113 Å². The van der Waals surface area contributed by atoms with Crippen molar-refractivity contribution in [3.05, 3.63) is 34.1 Å². The van der Waals surface area contributed by atoms with Gasteiger partial charge >= 0.3 is 17.7 Å². The molecule has 1 unspecified atom stereocenters. The van der Waals surface area contributed by atoms with Crippen molar-refractivity contribution in [3.63, 3.8) is 0 Å². The summed E-state index contributed by atoms with van der Waals surface area (Å²) < 4.78 is 13.3. The smallest absolute Gasteiger partial charge is 0.326 e. The number of hydrogen-bond acceptors (Lipinski definition) is 4. The van der Waals surface area contributed by atoms with Crippen LogP contribution >= 0.6 is 0 Å². The summed E-state index contributed by atoms with van der Waals surface area (Å²) in [5.74, 6) is -2.29. The van der Waals surface area contributed by atoms with Crippen molar-refractivity contribution in [2.75, 3.05) is 12.4 Å². The zero-order valence-corrected chi connectivity index (χ0v) is 10.7. The number of carboxylic acid groups (broad SMARTS) is 1. The minimum Gasteiger partial charge on any atom is -0.480 e. The molecule has 1 aromatic carbocycles. The number of amides is 2. The van der Waals surface area contributed by atoms with E-state index in [1.54, 1.807) is 0 Å². The van der Waals surface area contributed by atoms with E-state index in [4.69, 9.17) is 5.11 Å². The number of nitro groups is 1. The molecule has 0 saturated heterocycles. The molecule has 0 saturated carbocycles. The number of nitrogens with zero attached hydrogens (tertiary/aromatic N) is 2. The van der Waals surface area contributed by atoms with Crippen LogP contribution in [0.5, 0.6) is 0 Å². The molecule has 0 aliphatic carbocycles. The molecule has 1 aromatic rings. The molecule has 0 radical (unpaired) electrons. The molecule has 2 N–H and O–H groups in total. The third kappa shape index (κ3) is 3.40.